The smallest absolute Gasteiger partial charge is 0.410 e. The Bertz CT molecular complexity index is 1870. The maximum absolute atomic E-state index is 14.0. The fraction of sp³-hybridized carbons (Fsp3) is 0.575. The summed E-state index contributed by atoms with van der Waals surface area (Å²) in [4.78, 5) is 72.6. The van der Waals surface area contributed by atoms with Crippen molar-refractivity contribution in [1.29, 1.82) is 0 Å². The number of carbonyl (C=O) groups is 4. The first-order valence-corrected chi connectivity index (χ1v) is 20.0. The van der Waals surface area contributed by atoms with Gasteiger partial charge in [-0.15, -0.1) is 11.3 Å². The lowest BCUT2D eigenvalue weighted by molar-refractivity contribution is -0.144. The van der Waals surface area contributed by atoms with Gasteiger partial charge in [0.2, 0.25) is 17.8 Å². The number of β-amino-alcohol motifs (C(OH)–C–C–N with tert-alkyl or cyclic N) is 1. The molecule has 6 rings (SSSR count). The summed E-state index contributed by atoms with van der Waals surface area (Å²) in [6.07, 6.45) is 3.75. The van der Waals surface area contributed by atoms with Gasteiger partial charge in [0.25, 0.3) is 5.91 Å². The molecule has 3 atom stereocenters. The van der Waals surface area contributed by atoms with Crippen LogP contribution >= 0.6 is 11.3 Å². The Kier molecular flexibility index (Phi) is 11.9. The lowest BCUT2D eigenvalue weighted by Crippen LogP contribution is -2.61. The SMILES string of the molecule is Cc1ncsc1-c1ccc(CNC(=O)[C@@H]2C[C@@H](O)CN2C(=O)[C@@H](NC(=O)COc2cnc(N3CC4(CCN(C(=O)OC(C)(C)C)CC4)C3)nc2)C(C)(C)C)cc1. The molecule has 1 aromatic carbocycles. The van der Waals surface area contributed by atoms with Crippen LogP contribution in [-0.2, 0) is 25.7 Å². The maximum Gasteiger partial charge on any atom is 0.410 e. The third-order valence-electron chi connectivity index (χ3n) is 10.5. The van der Waals surface area contributed by atoms with Crippen LogP contribution in [0.1, 0.15) is 72.1 Å². The fourth-order valence-electron chi connectivity index (χ4n) is 7.39. The van der Waals surface area contributed by atoms with Gasteiger partial charge in [0.1, 0.15) is 17.7 Å². The molecule has 16 heteroatoms. The third-order valence-corrected chi connectivity index (χ3v) is 11.5. The second-order valence-electron chi connectivity index (χ2n) is 17.3. The highest BCUT2D eigenvalue weighted by atomic mass is 32.1. The Labute approximate surface area is 332 Å². The lowest BCUT2D eigenvalue weighted by Gasteiger charge is -2.53. The molecule has 3 fully saturated rings. The molecule has 0 radical (unpaired) electrons. The van der Waals surface area contributed by atoms with Crippen LogP contribution in [0.5, 0.6) is 5.75 Å². The number of amides is 4. The monoisotopic (exact) mass is 790 g/mol. The van der Waals surface area contributed by atoms with E-state index in [1.165, 1.54) is 17.3 Å². The number of hydrogen-bond acceptors (Lipinski definition) is 12. The number of nitrogens with one attached hydrogen (secondary N) is 2. The van der Waals surface area contributed by atoms with Gasteiger partial charge in [-0.2, -0.15) is 0 Å². The first kappa shape index (κ1) is 40.8. The van der Waals surface area contributed by atoms with Gasteiger partial charge in [-0.3, -0.25) is 14.4 Å². The Morgan fingerprint density at radius 3 is 2.25 bits per heavy atom. The highest BCUT2D eigenvalue weighted by Crippen LogP contribution is 2.42. The standard InChI is InChI=1S/C40H54N8O7S/c1-25-32(56-24-44-25)27-10-8-26(9-11-27)17-41-34(51)30-16-28(49)20-48(30)35(52)33(38(2,3)4)45-31(50)21-54-29-18-42-36(43-19-29)47-22-40(23-47)12-14-46(15-13-40)37(53)55-39(5,6)7/h8-11,18-19,24,28,30,33,49H,12-17,20-23H2,1-7H3,(H,41,51)(H,45,50)/t28-,30+,33-/m1/s1. The zero-order valence-electron chi connectivity index (χ0n) is 33.3. The number of rotatable bonds is 10. The Hall–Kier alpha value is -4.83. The minimum Gasteiger partial charge on any atom is -0.481 e. The zero-order valence-corrected chi connectivity index (χ0v) is 34.1. The van der Waals surface area contributed by atoms with Gasteiger partial charge < -0.3 is 39.9 Å². The molecular formula is C40H54N8O7S. The van der Waals surface area contributed by atoms with Crippen LogP contribution in [-0.4, -0.2) is 117 Å². The van der Waals surface area contributed by atoms with Crippen molar-refractivity contribution < 1.29 is 33.8 Å². The number of aryl methyl sites for hydroxylation is 1. The molecule has 0 unspecified atom stereocenters. The number of aliphatic hydroxyl groups is 1. The van der Waals surface area contributed by atoms with Gasteiger partial charge in [0.05, 0.1) is 34.6 Å². The van der Waals surface area contributed by atoms with Crippen molar-refractivity contribution in [3.8, 4) is 16.2 Å². The van der Waals surface area contributed by atoms with Gasteiger partial charge in [-0.1, -0.05) is 45.0 Å². The number of hydrogen-bond donors (Lipinski definition) is 3. The molecule has 0 aliphatic carbocycles. The van der Waals surface area contributed by atoms with E-state index in [-0.39, 0.29) is 43.5 Å². The highest BCUT2D eigenvalue weighted by Gasteiger charge is 2.47. The first-order chi connectivity index (χ1) is 26.4. The van der Waals surface area contributed by atoms with Crippen molar-refractivity contribution in [3.63, 3.8) is 0 Å². The van der Waals surface area contributed by atoms with Crippen LogP contribution in [0.25, 0.3) is 10.4 Å². The van der Waals surface area contributed by atoms with E-state index in [2.05, 4.69) is 30.5 Å². The Morgan fingerprint density at radius 1 is 1.00 bits per heavy atom. The van der Waals surface area contributed by atoms with E-state index in [1.807, 2.05) is 78.2 Å². The normalized spacial score (nSPS) is 20.0. The molecule has 302 valence electrons. The molecular weight excluding hydrogens is 737 g/mol. The van der Waals surface area contributed by atoms with Gasteiger partial charge >= 0.3 is 6.09 Å². The minimum absolute atomic E-state index is 0.0227. The van der Waals surface area contributed by atoms with E-state index in [4.69, 9.17) is 9.47 Å². The number of likely N-dealkylation sites (tertiary alicyclic amines) is 2. The van der Waals surface area contributed by atoms with Crippen molar-refractivity contribution in [1.82, 2.24) is 35.4 Å². The fourth-order valence-corrected chi connectivity index (χ4v) is 8.20. The number of thiazole rings is 1. The second kappa shape index (κ2) is 16.3. The van der Waals surface area contributed by atoms with E-state index in [0.29, 0.717) is 24.8 Å². The molecule has 1 spiro atoms. The Balaban J connectivity index is 0.974. The third kappa shape index (κ3) is 9.75. The molecule has 3 saturated heterocycles. The van der Waals surface area contributed by atoms with Gasteiger partial charge in [0.15, 0.2) is 12.4 Å². The maximum atomic E-state index is 14.0. The second-order valence-corrected chi connectivity index (χ2v) is 18.1. The summed E-state index contributed by atoms with van der Waals surface area (Å²) in [6.45, 7) is 15.8. The van der Waals surface area contributed by atoms with Crippen molar-refractivity contribution >= 4 is 41.1 Å². The average Bonchev–Trinajstić information content (AvgIpc) is 3.75. The van der Waals surface area contributed by atoms with Crippen molar-refractivity contribution in [2.45, 2.75) is 98.1 Å². The molecule has 3 aliphatic rings. The zero-order chi connectivity index (χ0) is 40.4. The largest absolute Gasteiger partial charge is 0.481 e. The van der Waals surface area contributed by atoms with E-state index in [9.17, 15) is 24.3 Å². The molecule has 4 amide bonds. The number of aliphatic hydroxyl groups excluding tert-OH is 1. The average molecular weight is 791 g/mol. The Morgan fingerprint density at radius 2 is 1.66 bits per heavy atom. The number of aromatic nitrogens is 3. The van der Waals surface area contributed by atoms with E-state index in [0.717, 1.165) is 47.6 Å². The van der Waals surface area contributed by atoms with Crippen LogP contribution in [0.15, 0.2) is 42.2 Å². The van der Waals surface area contributed by atoms with Crippen LogP contribution in [0, 0.1) is 17.8 Å². The summed E-state index contributed by atoms with van der Waals surface area (Å²) < 4.78 is 11.2. The quantitative estimate of drug-likeness (QED) is 0.271. The first-order valence-electron chi connectivity index (χ1n) is 19.1. The number of ether oxygens (including phenoxy) is 2. The molecule has 3 N–H and O–H groups in total. The number of anilines is 1. The number of benzene rings is 1. The topological polar surface area (TPSA) is 179 Å². The molecule has 3 aromatic rings. The molecule has 3 aliphatic heterocycles. The van der Waals surface area contributed by atoms with Crippen LogP contribution < -0.4 is 20.3 Å². The summed E-state index contributed by atoms with van der Waals surface area (Å²) in [7, 11) is 0. The van der Waals surface area contributed by atoms with Gasteiger partial charge in [-0.05, 0) is 57.1 Å². The summed E-state index contributed by atoms with van der Waals surface area (Å²) in [5.74, 6) is -0.493. The van der Waals surface area contributed by atoms with Crippen LogP contribution in [0.3, 0.4) is 0 Å². The van der Waals surface area contributed by atoms with E-state index >= 15 is 0 Å². The molecule has 15 nitrogen and oxygen atoms in total. The highest BCUT2D eigenvalue weighted by molar-refractivity contribution is 7.13. The van der Waals surface area contributed by atoms with Gasteiger partial charge in [0, 0.05) is 51.1 Å². The lowest BCUT2D eigenvalue weighted by atomic mass is 9.72. The predicted molar refractivity (Wildman–Crippen MR) is 211 cm³/mol. The molecule has 56 heavy (non-hydrogen) atoms. The minimum atomic E-state index is -0.990. The molecule has 0 bridgehead atoms. The molecule has 0 saturated carbocycles. The van der Waals surface area contributed by atoms with E-state index < -0.39 is 41.0 Å². The van der Waals surface area contributed by atoms with Crippen molar-refractivity contribution in [3.05, 3.63) is 53.4 Å². The van der Waals surface area contributed by atoms with E-state index in [1.54, 1.807) is 16.2 Å². The summed E-state index contributed by atoms with van der Waals surface area (Å²) in [6, 6.07) is 5.98. The van der Waals surface area contributed by atoms with Crippen molar-refractivity contribution in [2.24, 2.45) is 10.8 Å². The number of piperidine rings is 1. The summed E-state index contributed by atoms with van der Waals surface area (Å²) in [5, 5.41) is 16.3. The number of nitrogens with zero attached hydrogens (tertiary/aromatic N) is 6. The summed E-state index contributed by atoms with van der Waals surface area (Å²) >= 11 is 1.57. The summed E-state index contributed by atoms with van der Waals surface area (Å²) in [5.41, 5.74) is 3.59. The predicted octanol–water partition coefficient (Wildman–Crippen LogP) is 3.93. The molecule has 5 heterocycles. The molecule has 2 aromatic heterocycles. The number of carbonyl (C=O) groups excluding carboxylic acids is 4. The van der Waals surface area contributed by atoms with Crippen LogP contribution in [0.2, 0.25) is 0 Å². The van der Waals surface area contributed by atoms with Crippen molar-refractivity contribution in [2.75, 3.05) is 44.2 Å². The van der Waals surface area contributed by atoms with Crippen LogP contribution in [0.4, 0.5) is 10.7 Å². The van der Waals surface area contributed by atoms with Gasteiger partial charge in [-0.25, -0.2) is 19.7 Å².